The fraction of sp³-hybridized carbons (Fsp3) is 0.429. The van der Waals surface area contributed by atoms with Crippen LogP contribution in [0.4, 0.5) is 5.69 Å². The van der Waals surface area contributed by atoms with Gasteiger partial charge in [0.2, 0.25) is 0 Å². The second-order valence-corrected chi connectivity index (χ2v) is 6.66. The van der Waals surface area contributed by atoms with Crippen molar-refractivity contribution in [1.29, 1.82) is 0 Å². The molecule has 1 aliphatic rings. The van der Waals surface area contributed by atoms with Gasteiger partial charge >= 0.3 is 0 Å². The molecule has 0 radical (unpaired) electrons. The maximum atomic E-state index is 3.59. The highest BCUT2D eigenvalue weighted by molar-refractivity contribution is 5.42. The average molecular weight is 293 g/mol. The normalized spacial score (nSPS) is 21.5. The van der Waals surface area contributed by atoms with Crippen LogP contribution in [0.25, 0.3) is 0 Å². The van der Waals surface area contributed by atoms with Gasteiger partial charge in [0.05, 0.1) is 0 Å². The molecule has 0 spiro atoms. The van der Waals surface area contributed by atoms with Crippen LogP contribution < -0.4 is 5.32 Å². The Morgan fingerprint density at radius 3 is 2.00 bits per heavy atom. The molecule has 0 amide bonds. The molecule has 0 atom stereocenters. The Hall–Kier alpha value is -1.76. The third kappa shape index (κ3) is 4.62. The summed E-state index contributed by atoms with van der Waals surface area (Å²) in [5, 5.41) is 3.59. The van der Waals surface area contributed by atoms with E-state index in [2.05, 4.69) is 66.0 Å². The van der Waals surface area contributed by atoms with Gasteiger partial charge in [0.25, 0.3) is 0 Å². The van der Waals surface area contributed by atoms with Crippen molar-refractivity contribution in [3.8, 4) is 0 Å². The molecule has 0 saturated heterocycles. The zero-order chi connectivity index (χ0) is 15.0. The maximum absolute atomic E-state index is 3.59. The summed E-state index contributed by atoms with van der Waals surface area (Å²) in [7, 11) is 0. The summed E-state index contributed by atoms with van der Waals surface area (Å²) in [5.41, 5.74) is 2.75. The van der Waals surface area contributed by atoms with Gasteiger partial charge in [0, 0.05) is 12.2 Å². The van der Waals surface area contributed by atoms with E-state index in [1.165, 1.54) is 49.8 Å². The molecular formula is C21H27N. The number of rotatable bonds is 6. The number of benzene rings is 2. The van der Waals surface area contributed by atoms with Gasteiger partial charge in [-0.2, -0.15) is 0 Å². The van der Waals surface area contributed by atoms with Crippen molar-refractivity contribution in [3.05, 3.63) is 66.2 Å². The lowest BCUT2D eigenvalue weighted by atomic mass is 9.79. The summed E-state index contributed by atoms with van der Waals surface area (Å²) < 4.78 is 0. The molecule has 1 aliphatic carbocycles. The van der Waals surface area contributed by atoms with Crippen LogP contribution in [-0.4, -0.2) is 6.54 Å². The minimum atomic E-state index is 0.855. The van der Waals surface area contributed by atoms with E-state index in [-0.39, 0.29) is 0 Å². The Balaban J connectivity index is 1.35. The van der Waals surface area contributed by atoms with Crippen molar-refractivity contribution in [2.24, 2.45) is 11.8 Å². The smallest absolute Gasteiger partial charge is 0.0340 e. The summed E-state index contributed by atoms with van der Waals surface area (Å²) in [6.07, 6.45) is 8.21. The Kier molecular flexibility index (Phi) is 5.53. The number of para-hydroxylation sites is 1. The van der Waals surface area contributed by atoms with Crippen LogP contribution in [0.3, 0.4) is 0 Å². The lowest BCUT2D eigenvalue weighted by Crippen LogP contribution is -2.21. The Morgan fingerprint density at radius 1 is 0.727 bits per heavy atom. The molecule has 1 N–H and O–H groups in total. The lowest BCUT2D eigenvalue weighted by molar-refractivity contribution is 0.272. The summed E-state index contributed by atoms with van der Waals surface area (Å²) in [5.74, 6) is 1.79. The number of anilines is 1. The van der Waals surface area contributed by atoms with Gasteiger partial charge in [-0.25, -0.2) is 0 Å². The van der Waals surface area contributed by atoms with Crippen LogP contribution in [0, 0.1) is 11.8 Å². The van der Waals surface area contributed by atoms with Crippen LogP contribution in [0.5, 0.6) is 0 Å². The highest BCUT2D eigenvalue weighted by atomic mass is 14.9. The van der Waals surface area contributed by atoms with Gasteiger partial charge in [-0.3, -0.25) is 0 Å². The molecule has 1 saturated carbocycles. The first kappa shape index (κ1) is 15.1. The predicted octanol–water partition coefficient (Wildman–Crippen LogP) is 5.54. The van der Waals surface area contributed by atoms with Gasteiger partial charge in [-0.05, 0) is 55.2 Å². The molecule has 1 fully saturated rings. The third-order valence-electron chi connectivity index (χ3n) is 5.02. The van der Waals surface area contributed by atoms with Crippen LogP contribution in [0.15, 0.2) is 60.7 Å². The number of hydrogen-bond donors (Lipinski definition) is 1. The van der Waals surface area contributed by atoms with E-state index in [9.17, 15) is 0 Å². The van der Waals surface area contributed by atoms with E-state index in [4.69, 9.17) is 0 Å². The molecule has 0 heterocycles. The second kappa shape index (κ2) is 8.03. The van der Waals surface area contributed by atoms with E-state index in [1.807, 2.05) is 0 Å². The summed E-state index contributed by atoms with van der Waals surface area (Å²) in [4.78, 5) is 0. The lowest BCUT2D eigenvalue weighted by Gasteiger charge is -2.29. The molecule has 116 valence electrons. The highest BCUT2D eigenvalue weighted by Crippen LogP contribution is 2.31. The van der Waals surface area contributed by atoms with Gasteiger partial charge in [0.15, 0.2) is 0 Å². The largest absolute Gasteiger partial charge is 0.385 e. The fourth-order valence-electron chi connectivity index (χ4n) is 3.56. The topological polar surface area (TPSA) is 12.0 Å². The van der Waals surface area contributed by atoms with E-state index in [1.54, 1.807) is 0 Å². The van der Waals surface area contributed by atoms with Gasteiger partial charge < -0.3 is 5.32 Å². The van der Waals surface area contributed by atoms with E-state index >= 15 is 0 Å². The SMILES string of the molecule is c1ccc(CCC2CCC(CNc3ccccc3)CC2)cc1. The van der Waals surface area contributed by atoms with Crippen molar-refractivity contribution in [3.63, 3.8) is 0 Å². The highest BCUT2D eigenvalue weighted by Gasteiger charge is 2.20. The van der Waals surface area contributed by atoms with Crippen molar-refractivity contribution in [2.45, 2.75) is 38.5 Å². The van der Waals surface area contributed by atoms with Gasteiger partial charge in [-0.1, -0.05) is 61.4 Å². The van der Waals surface area contributed by atoms with Crippen LogP contribution in [-0.2, 0) is 6.42 Å². The number of nitrogens with one attached hydrogen (secondary N) is 1. The zero-order valence-electron chi connectivity index (χ0n) is 13.4. The monoisotopic (exact) mass is 293 g/mol. The number of hydrogen-bond acceptors (Lipinski definition) is 1. The minimum absolute atomic E-state index is 0.855. The first-order valence-corrected chi connectivity index (χ1v) is 8.73. The summed E-state index contributed by atoms with van der Waals surface area (Å²) in [6, 6.07) is 21.5. The molecule has 2 aromatic rings. The average Bonchev–Trinajstić information content (AvgIpc) is 2.61. The molecule has 2 aromatic carbocycles. The molecule has 0 unspecified atom stereocenters. The van der Waals surface area contributed by atoms with Crippen LogP contribution in [0.1, 0.15) is 37.7 Å². The zero-order valence-corrected chi connectivity index (χ0v) is 13.4. The quantitative estimate of drug-likeness (QED) is 0.737. The molecule has 0 aromatic heterocycles. The van der Waals surface area contributed by atoms with Crippen LogP contribution in [0.2, 0.25) is 0 Å². The second-order valence-electron chi connectivity index (χ2n) is 6.66. The van der Waals surface area contributed by atoms with Gasteiger partial charge in [0.1, 0.15) is 0 Å². The minimum Gasteiger partial charge on any atom is -0.385 e. The molecule has 22 heavy (non-hydrogen) atoms. The first-order chi connectivity index (χ1) is 10.9. The number of aryl methyl sites for hydroxylation is 1. The van der Waals surface area contributed by atoms with Gasteiger partial charge in [-0.15, -0.1) is 0 Å². The van der Waals surface area contributed by atoms with Crippen molar-refractivity contribution >= 4 is 5.69 Å². The Morgan fingerprint density at radius 2 is 1.32 bits per heavy atom. The predicted molar refractivity (Wildman–Crippen MR) is 95.1 cm³/mol. The van der Waals surface area contributed by atoms with Crippen molar-refractivity contribution in [1.82, 2.24) is 0 Å². The summed E-state index contributed by atoms with van der Waals surface area (Å²) in [6.45, 7) is 1.13. The van der Waals surface area contributed by atoms with Crippen molar-refractivity contribution in [2.75, 3.05) is 11.9 Å². The van der Waals surface area contributed by atoms with E-state index < -0.39 is 0 Å². The molecule has 0 bridgehead atoms. The third-order valence-corrected chi connectivity index (χ3v) is 5.02. The molecule has 3 rings (SSSR count). The Bertz CT molecular complexity index is 475. The molecule has 1 heteroatoms. The molecule has 0 aliphatic heterocycles. The summed E-state index contributed by atoms with van der Waals surface area (Å²) >= 11 is 0. The fourth-order valence-corrected chi connectivity index (χ4v) is 3.56. The Labute approximate surface area is 134 Å². The standard InChI is InChI=1S/C21H27N/c1-3-7-18(8-4-1)11-12-19-13-15-20(16-14-19)17-22-21-9-5-2-6-10-21/h1-10,19-20,22H,11-17H2. The van der Waals surface area contributed by atoms with Crippen molar-refractivity contribution < 1.29 is 0 Å². The van der Waals surface area contributed by atoms with E-state index in [0.717, 1.165) is 18.4 Å². The molecule has 1 nitrogen and oxygen atoms in total. The first-order valence-electron chi connectivity index (χ1n) is 8.73. The maximum Gasteiger partial charge on any atom is 0.0340 e. The van der Waals surface area contributed by atoms with Crippen LogP contribution >= 0.6 is 0 Å². The van der Waals surface area contributed by atoms with E-state index in [0.29, 0.717) is 0 Å². The molecular weight excluding hydrogens is 266 g/mol.